The molecule has 0 spiro atoms. The van der Waals surface area contributed by atoms with Gasteiger partial charge >= 0.3 is 0 Å². The van der Waals surface area contributed by atoms with Gasteiger partial charge in [-0.25, -0.2) is 0 Å². The first-order valence-electron chi connectivity index (χ1n) is 11.2. The number of piperidine rings is 1. The summed E-state index contributed by atoms with van der Waals surface area (Å²) in [6, 6.07) is 14.5. The fourth-order valence-electron chi connectivity index (χ4n) is 4.42. The predicted octanol–water partition coefficient (Wildman–Crippen LogP) is 4.31. The van der Waals surface area contributed by atoms with Crippen LogP contribution in [0.25, 0.3) is 0 Å². The molecule has 166 valence electrons. The second-order valence-corrected chi connectivity index (χ2v) is 9.02. The van der Waals surface area contributed by atoms with Crippen LogP contribution in [0.15, 0.2) is 53.1 Å². The van der Waals surface area contributed by atoms with Crippen molar-refractivity contribution in [1.82, 2.24) is 15.3 Å². The molecule has 2 aliphatic rings. The zero-order valence-corrected chi connectivity index (χ0v) is 19.1. The molecule has 32 heavy (non-hydrogen) atoms. The number of fused-ring (bicyclic) bond motifs is 1. The molecule has 1 saturated heterocycles. The van der Waals surface area contributed by atoms with Crippen LogP contribution in [0.1, 0.15) is 36.7 Å². The minimum Gasteiger partial charge on any atom is -0.467 e. The van der Waals surface area contributed by atoms with Gasteiger partial charge in [0.25, 0.3) is 0 Å². The average Bonchev–Trinajstić information content (AvgIpc) is 3.47. The lowest BCUT2D eigenvalue weighted by Gasteiger charge is -2.32. The summed E-state index contributed by atoms with van der Waals surface area (Å²) in [5, 5.41) is 6.82. The van der Waals surface area contributed by atoms with Gasteiger partial charge in [-0.05, 0) is 54.2 Å². The number of anilines is 3. The van der Waals surface area contributed by atoms with Gasteiger partial charge in [-0.2, -0.15) is 9.97 Å². The van der Waals surface area contributed by atoms with E-state index in [1.165, 1.54) is 24.0 Å². The summed E-state index contributed by atoms with van der Waals surface area (Å²) < 4.78 is 5.37. The third-order valence-corrected chi connectivity index (χ3v) is 6.32. The molecule has 4 heterocycles. The number of nitrogens with zero attached hydrogens (tertiary/aromatic N) is 4. The number of nitrogens with one attached hydrogen (secondary N) is 2. The lowest BCUT2D eigenvalue weighted by molar-refractivity contribution is 0.444. The highest BCUT2D eigenvalue weighted by molar-refractivity contribution is 7.80. The summed E-state index contributed by atoms with van der Waals surface area (Å²) in [5.41, 5.74) is 2.70. The topological polar surface area (TPSA) is 69.5 Å². The molecule has 1 aromatic carbocycles. The smallest absolute Gasteiger partial charge is 0.232 e. The van der Waals surface area contributed by atoms with Crippen LogP contribution in [-0.2, 0) is 19.6 Å². The zero-order chi connectivity index (χ0) is 21.9. The molecule has 7 nitrogen and oxygen atoms in total. The number of hydrogen-bond acceptors (Lipinski definition) is 6. The zero-order valence-electron chi connectivity index (χ0n) is 18.3. The van der Waals surface area contributed by atoms with Crippen LogP contribution in [-0.4, -0.2) is 28.2 Å². The van der Waals surface area contributed by atoms with Gasteiger partial charge in [-0.1, -0.05) is 31.2 Å². The van der Waals surface area contributed by atoms with Crippen LogP contribution in [0.2, 0.25) is 0 Å². The molecule has 3 aromatic rings. The van der Waals surface area contributed by atoms with E-state index in [0.717, 1.165) is 43.6 Å². The van der Waals surface area contributed by atoms with Crippen molar-refractivity contribution in [3.05, 3.63) is 65.6 Å². The first-order valence-corrected chi connectivity index (χ1v) is 11.6. The maximum atomic E-state index is 5.49. The Morgan fingerprint density at radius 1 is 1.09 bits per heavy atom. The van der Waals surface area contributed by atoms with Crippen LogP contribution in [0.4, 0.5) is 17.6 Å². The van der Waals surface area contributed by atoms with Crippen LogP contribution in [0.5, 0.6) is 0 Å². The Kier molecular flexibility index (Phi) is 5.94. The van der Waals surface area contributed by atoms with E-state index < -0.39 is 0 Å². The summed E-state index contributed by atoms with van der Waals surface area (Å²) in [4.78, 5) is 14.3. The van der Waals surface area contributed by atoms with Crippen molar-refractivity contribution in [2.45, 2.75) is 39.4 Å². The molecule has 2 aromatic heterocycles. The summed E-state index contributed by atoms with van der Waals surface area (Å²) in [6.07, 6.45) is 4.10. The Morgan fingerprint density at radius 2 is 1.84 bits per heavy atom. The van der Waals surface area contributed by atoms with Crippen molar-refractivity contribution in [2.24, 2.45) is 5.92 Å². The lowest BCUT2D eigenvalue weighted by atomic mass is 10.0. The molecule has 2 aliphatic heterocycles. The molecule has 0 aliphatic carbocycles. The van der Waals surface area contributed by atoms with E-state index in [-0.39, 0.29) is 0 Å². The van der Waals surface area contributed by atoms with Gasteiger partial charge in [0.05, 0.1) is 12.8 Å². The summed E-state index contributed by atoms with van der Waals surface area (Å²) in [6.45, 7) is 6.54. The van der Waals surface area contributed by atoms with Crippen molar-refractivity contribution in [3.63, 3.8) is 0 Å². The van der Waals surface area contributed by atoms with Gasteiger partial charge in [0, 0.05) is 32.2 Å². The van der Waals surface area contributed by atoms with Gasteiger partial charge in [-0.3, -0.25) is 0 Å². The molecule has 0 amide bonds. The molecule has 1 atom stereocenters. The molecular weight excluding hydrogens is 420 g/mol. The lowest BCUT2D eigenvalue weighted by Crippen LogP contribution is -2.35. The van der Waals surface area contributed by atoms with Crippen LogP contribution in [0.3, 0.4) is 0 Å². The largest absolute Gasteiger partial charge is 0.467 e. The van der Waals surface area contributed by atoms with Crippen molar-refractivity contribution < 1.29 is 4.42 Å². The first-order chi connectivity index (χ1) is 15.6. The van der Waals surface area contributed by atoms with Crippen molar-refractivity contribution in [3.8, 4) is 0 Å². The summed E-state index contributed by atoms with van der Waals surface area (Å²) in [5.74, 6) is 3.87. The predicted molar refractivity (Wildman–Crippen MR) is 131 cm³/mol. The Bertz CT molecular complexity index is 1060. The highest BCUT2D eigenvalue weighted by atomic mass is 32.1. The Morgan fingerprint density at radius 3 is 2.53 bits per heavy atom. The van der Waals surface area contributed by atoms with Gasteiger partial charge in [-0.15, -0.1) is 0 Å². The van der Waals surface area contributed by atoms with E-state index in [0.29, 0.717) is 23.5 Å². The molecule has 2 N–H and O–H groups in total. The van der Waals surface area contributed by atoms with Crippen molar-refractivity contribution in [1.29, 1.82) is 0 Å². The molecule has 0 radical (unpaired) electrons. The summed E-state index contributed by atoms with van der Waals surface area (Å²) in [7, 11) is 0. The Labute approximate surface area is 193 Å². The van der Waals surface area contributed by atoms with Gasteiger partial charge in [0.1, 0.15) is 17.4 Å². The van der Waals surface area contributed by atoms with Gasteiger partial charge < -0.3 is 24.9 Å². The normalized spacial score (nSPS) is 17.8. The van der Waals surface area contributed by atoms with Gasteiger partial charge in [0.2, 0.25) is 5.95 Å². The molecular formula is C24H28N6OS. The second-order valence-electron chi connectivity index (χ2n) is 8.61. The fourth-order valence-corrected chi connectivity index (χ4v) is 4.58. The summed E-state index contributed by atoms with van der Waals surface area (Å²) >= 11 is 5.49. The second kappa shape index (κ2) is 9.16. The van der Waals surface area contributed by atoms with E-state index in [2.05, 4.69) is 57.7 Å². The van der Waals surface area contributed by atoms with Crippen molar-refractivity contribution in [2.75, 3.05) is 28.2 Å². The van der Waals surface area contributed by atoms with Crippen LogP contribution >= 0.6 is 12.2 Å². The number of rotatable bonds is 5. The monoisotopic (exact) mass is 448 g/mol. The third kappa shape index (κ3) is 4.70. The number of hydrogen-bond donors (Lipinski definition) is 2. The van der Waals surface area contributed by atoms with Gasteiger partial charge in [0.15, 0.2) is 5.11 Å². The van der Waals surface area contributed by atoms with Crippen LogP contribution < -0.4 is 20.4 Å². The van der Waals surface area contributed by atoms with E-state index in [4.69, 9.17) is 26.6 Å². The standard InChI is InChI=1S/C24H28N6OS/c1-17-6-4-10-29(14-17)21-12-22(30-15-18-7-2-3-8-19(18)16-30)27-23(26-21)28-24(32)25-13-20-9-5-11-31-20/h2-3,5,7-9,11-12,17H,4,6,10,13-16H2,1H3,(H2,25,26,27,28,32). The molecule has 8 heteroatoms. The van der Waals surface area contributed by atoms with E-state index in [1.54, 1.807) is 6.26 Å². The Hall–Kier alpha value is -3.13. The van der Waals surface area contributed by atoms with E-state index in [9.17, 15) is 0 Å². The quantitative estimate of drug-likeness (QED) is 0.560. The molecule has 1 unspecified atom stereocenters. The molecule has 1 fully saturated rings. The minimum absolute atomic E-state index is 0.473. The number of aromatic nitrogens is 2. The number of benzene rings is 1. The third-order valence-electron chi connectivity index (χ3n) is 6.07. The molecule has 5 rings (SSSR count). The van der Waals surface area contributed by atoms with E-state index >= 15 is 0 Å². The molecule has 0 saturated carbocycles. The maximum absolute atomic E-state index is 5.49. The number of thiocarbonyl (C=S) groups is 1. The number of furan rings is 1. The SMILES string of the molecule is CC1CCCN(c2cc(N3Cc4ccccc4C3)nc(NC(=S)NCc3ccco3)n2)C1. The average molecular weight is 449 g/mol. The fraction of sp³-hybridized carbons (Fsp3) is 0.375. The van der Waals surface area contributed by atoms with Crippen LogP contribution in [0, 0.1) is 5.92 Å². The minimum atomic E-state index is 0.473. The molecule has 0 bridgehead atoms. The maximum Gasteiger partial charge on any atom is 0.232 e. The highest BCUT2D eigenvalue weighted by Gasteiger charge is 2.24. The van der Waals surface area contributed by atoms with Crippen molar-refractivity contribution >= 4 is 34.9 Å². The Balaban J connectivity index is 1.37. The van der Waals surface area contributed by atoms with E-state index in [1.807, 2.05) is 12.1 Å². The first kappa shape index (κ1) is 20.8. The highest BCUT2D eigenvalue weighted by Crippen LogP contribution is 2.31.